The Morgan fingerprint density at radius 1 is 1.77 bits per heavy atom. The van der Waals surface area contributed by atoms with Crippen LogP contribution in [0, 0.1) is 5.92 Å². The van der Waals surface area contributed by atoms with E-state index in [1.807, 2.05) is 6.92 Å². The second-order valence-corrected chi connectivity index (χ2v) is 3.75. The number of alkyl halides is 1. The first-order valence-electron chi connectivity index (χ1n) is 4.54. The van der Waals surface area contributed by atoms with E-state index in [9.17, 15) is 4.79 Å². The van der Waals surface area contributed by atoms with Gasteiger partial charge in [0.15, 0.2) is 6.10 Å². The molecule has 1 aliphatic heterocycles. The number of esters is 1. The Kier molecular flexibility index (Phi) is 4.00. The molecule has 4 heteroatoms. The van der Waals surface area contributed by atoms with Crippen LogP contribution in [0.25, 0.3) is 0 Å². The fraction of sp³-hybridized carbons (Fsp3) is 0.889. The minimum atomic E-state index is -0.451. The van der Waals surface area contributed by atoms with Crippen LogP contribution in [0.15, 0.2) is 0 Å². The Balaban J connectivity index is 2.58. The molecule has 1 aliphatic rings. The van der Waals surface area contributed by atoms with Crippen molar-refractivity contribution in [2.45, 2.75) is 31.2 Å². The predicted molar refractivity (Wildman–Crippen MR) is 49.8 cm³/mol. The molecule has 1 unspecified atom stereocenters. The van der Waals surface area contributed by atoms with Gasteiger partial charge in [-0.25, -0.2) is 4.79 Å². The van der Waals surface area contributed by atoms with E-state index in [0.717, 1.165) is 12.8 Å². The van der Waals surface area contributed by atoms with Gasteiger partial charge in [-0.3, -0.25) is 0 Å². The fourth-order valence-electron chi connectivity index (χ4n) is 1.64. The predicted octanol–water partition coefficient (Wildman–Crippen LogP) is 1.58. The third-order valence-electron chi connectivity index (χ3n) is 2.43. The van der Waals surface area contributed by atoms with E-state index in [4.69, 9.17) is 16.3 Å². The molecular formula is C9H15ClO3. The van der Waals surface area contributed by atoms with Crippen molar-refractivity contribution in [3.05, 3.63) is 0 Å². The molecule has 1 rings (SSSR count). The quantitative estimate of drug-likeness (QED) is 0.520. The van der Waals surface area contributed by atoms with Crippen molar-refractivity contribution in [3.8, 4) is 0 Å². The molecule has 3 nitrogen and oxygen atoms in total. The molecule has 0 aromatic rings. The zero-order chi connectivity index (χ0) is 9.84. The molecule has 13 heavy (non-hydrogen) atoms. The topological polar surface area (TPSA) is 35.5 Å². The van der Waals surface area contributed by atoms with Crippen LogP contribution in [0.2, 0.25) is 0 Å². The maximum absolute atomic E-state index is 11.2. The normalized spacial score (nSPS) is 30.1. The Bertz CT molecular complexity index is 184. The van der Waals surface area contributed by atoms with E-state index in [1.54, 1.807) is 0 Å². The zero-order valence-electron chi connectivity index (χ0n) is 7.96. The van der Waals surface area contributed by atoms with Gasteiger partial charge < -0.3 is 9.47 Å². The van der Waals surface area contributed by atoms with Gasteiger partial charge in [-0.2, -0.15) is 0 Å². The molecule has 0 bridgehead atoms. The van der Waals surface area contributed by atoms with Crippen molar-refractivity contribution in [1.82, 2.24) is 0 Å². The molecule has 0 aromatic carbocycles. The molecule has 1 heterocycles. The van der Waals surface area contributed by atoms with Crippen LogP contribution in [0.4, 0.5) is 0 Å². The minimum Gasteiger partial charge on any atom is -0.467 e. The van der Waals surface area contributed by atoms with Crippen LogP contribution in [-0.2, 0) is 14.3 Å². The van der Waals surface area contributed by atoms with Crippen LogP contribution in [0.1, 0.15) is 19.8 Å². The van der Waals surface area contributed by atoms with Crippen molar-refractivity contribution < 1.29 is 14.3 Å². The summed E-state index contributed by atoms with van der Waals surface area (Å²) in [4.78, 5) is 11.2. The zero-order valence-corrected chi connectivity index (χ0v) is 8.71. The highest BCUT2D eigenvalue weighted by Crippen LogP contribution is 2.29. The summed E-state index contributed by atoms with van der Waals surface area (Å²) in [5.74, 6) is -0.194. The number of halogens is 1. The first-order valence-corrected chi connectivity index (χ1v) is 4.97. The maximum Gasteiger partial charge on any atom is 0.335 e. The summed E-state index contributed by atoms with van der Waals surface area (Å²) in [6, 6.07) is 0. The van der Waals surface area contributed by atoms with Gasteiger partial charge in [0.1, 0.15) is 0 Å². The second-order valence-electron chi connectivity index (χ2n) is 3.19. The lowest BCUT2D eigenvalue weighted by Crippen LogP contribution is -2.32. The van der Waals surface area contributed by atoms with Crippen LogP contribution in [0.3, 0.4) is 0 Å². The molecule has 0 radical (unpaired) electrons. The van der Waals surface area contributed by atoms with E-state index < -0.39 is 6.10 Å². The lowest BCUT2D eigenvalue weighted by Gasteiger charge is -2.19. The summed E-state index contributed by atoms with van der Waals surface area (Å²) < 4.78 is 9.92. The number of carbonyl (C=O) groups is 1. The monoisotopic (exact) mass is 206 g/mol. The standard InChI is InChI=1S/C9H15ClO3/c1-3-7(10)6-4-5-13-8(6)9(11)12-2/h6-8H,3-5H2,1-2H3/t6-,7?,8-/m0/s1. The number of methoxy groups -OCH3 is 1. The number of carbonyl (C=O) groups excluding carboxylic acids is 1. The largest absolute Gasteiger partial charge is 0.467 e. The van der Waals surface area contributed by atoms with E-state index in [-0.39, 0.29) is 17.3 Å². The van der Waals surface area contributed by atoms with Gasteiger partial charge in [-0.05, 0) is 12.8 Å². The van der Waals surface area contributed by atoms with Gasteiger partial charge >= 0.3 is 5.97 Å². The summed E-state index contributed by atoms with van der Waals surface area (Å²) in [5.41, 5.74) is 0. The summed E-state index contributed by atoms with van der Waals surface area (Å²) >= 11 is 6.08. The van der Waals surface area contributed by atoms with Crippen molar-refractivity contribution in [3.63, 3.8) is 0 Å². The fourth-order valence-corrected chi connectivity index (χ4v) is 1.90. The van der Waals surface area contributed by atoms with Crippen LogP contribution in [-0.4, -0.2) is 31.2 Å². The first kappa shape index (κ1) is 10.8. The highest BCUT2D eigenvalue weighted by Gasteiger charge is 2.38. The molecule has 0 spiro atoms. The van der Waals surface area contributed by atoms with E-state index >= 15 is 0 Å². The summed E-state index contributed by atoms with van der Waals surface area (Å²) in [6.07, 6.45) is 1.25. The van der Waals surface area contributed by atoms with Crippen molar-refractivity contribution in [1.29, 1.82) is 0 Å². The number of rotatable bonds is 3. The van der Waals surface area contributed by atoms with Crippen LogP contribution in [0.5, 0.6) is 0 Å². The summed E-state index contributed by atoms with van der Waals surface area (Å²) in [6.45, 7) is 2.61. The van der Waals surface area contributed by atoms with Gasteiger partial charge in [0.25, 0.3) is 0 Å². The number of hydrogen-bond donors (Lipinski definition) is 0. The van der Waals surface area contributed by atoms with E-state index in [2.05, 4.69) is 4.74 Å². The smallest absolute Gasteiger partial charge is 0.335 e. The number of hydrogen-bond acceptors (Lipinski definition) is 3. The molecule has 0 aromatic heterocycles. The van der Waals surface area contributed by atoms with Crippen LogP contribution < -0.4 is 0 Å². The molecular weight excluding hydrogens is 192 g/mol. The highest BCUT2D eigenvalue weighted by atomic mass is 35.5. The van der Waals surface area contributed by atoms with Gasteiger partial charge in [0.2, 0.25) is 0 Å². The average Bonchev–Trinajstić information content (AvgIpc) is 2.63. The lowest BCUT2D eigenvalue weighted by atomic mass is 9.96. The Morgan fingerprint density at radius 3 is 3.00 bits per heavy atom. The molecule has 3 atom stereocenters. The van der Waals surface area contributed by atoms with Gasteiger partial charge in [0, 0.05) is 17.9 Å². The summed E-state index contributed by atoms with van der Waals surface area (Å²) in [7, 11) is 1.37. The van der Waals surface area contributed by atoms with Crippen molar-refractivity contribution in [2.24, 2.45) is 5.92 Å². The molecule has 76 valence electrons. The average molecular weight is 207 g/mol. The van der Waals surface area contributed by atoms with Gasteiger partial charge in [-0.1, -0.05) is 6.92 Å². The van der Waals surface area contributed by atoms with Gasteiger partial charge in [-0.15, -0.1) is 11.6 Å². The van der Waals surface area contributed by atoms with E-state index in [0.29, 0.717) is 6.61 Å². The van der Waals surface area contributed by atoms with Crippen molar-refractivity contribution in [2.75, 3.05) is 13.7 Å². The highest BCUT2D eigenvalue weighted by molar-refractivity contribution is 6.21. The summed E-state index contributed by atoms with van der Waals surface area (Å²) in [5, 5.41) is 0.00611. The van der Waals surface area contributed by atoms with E-state index in [1.165, 1.54) is 7.11 Å². The first-order chi connectivity index (χ1) is 6.20. The maximum atomic E-state index is 11.2. The Hall–Kier alpha value is -0.280. The Labute approximate surface area is 83.3 Å². The number of ether oxygens (including phenoxy) is 2. The lowest BCUT2D eigenvalue weighted by molar-refractivity contribution is -0.153. The second kappa shape index (κ2) is 4.82. The SMILES string of the molecule is CCC(Cl)[C@@H]1CCO[C@@H]1C(=O)OC. The Morgan fingerprint density at radius 2 is 2.46 bits per heavy atom. The molecule has 1 saturated heterocycles. The molecule has 0 amide bonds. The van der Waals surface area contributed by atoms with Crippen molar-refractivity contribution >= 4 is 17.6 Å². The van der Waals surface area contributed by atoms with Gasteiger partial charge in [0.05, 0.1) is 7.11 Å². The third kappa shape index (κ3) is 2.35. The molecule has 0 aliphatic carbocycles. The molecule has 0 N–H and O–H groups in total. The van der Waals surface area contributed by atoms with Crippen LogP contribution >= 0.6 is 11.6 Å². The third-order valence-corrected chi connectivity index (χ3v) is 3.06. The molecule has 1 fully saturated rings. The molecule has 0 saturated carbocycles. The minimum absolute atomic E-state index is 0.00611.